The lowest BCUT2D eigenvalue weighted by molar-refractivity contribution is 0.103. The molecule has 3 rings (SSSR count). The van der Waals surface area contributed by atoms with Crippen LogP contribution >= 0.6 is 0 Å². The van der Waals surface area contributed by atoms with Gasteiger partial charge in [-0.3, -0.25) is 4.79 Å². The molecule has 1 fully saturated rings. The molecular formula is C18H19NO2. The first-order valence-electron chi connectivity index (χ1n) is 7.32. The van der Waals surface area contributed by atoms with Gasteiger partial charge in [0.05, 0.1) is 12.7 Å². The largest absolute Gasteiger partial charge is 0.496 e. The third kappa shape index (κ3) is 2.77. The molecule has 0 amide bonds. The van der Waals surface area contributed by atoms with Gasteiger partial charge in [-0.25, -0.2) is 0 Å². The van der Waals surface area contributed by atoms with E-state index in [1.165, 1.54) is 12.8 Å². The molecule has 108 valence electrons. The van der Waals surface area contributed by atoms with Gasteiger partial charge in [-0.1, -0.05) is 30.3 Å². The summed E-state index contributed by atoms with van der Waals surface area (Å²) in [4.78, 5) is 14.9. The van der Waals surface area contributed by atoms with Gasteiger partial charge in [0, 0.05) is 30.4 Å². The van der Waals surface area contributed by atoms with Crippen molar-refractivity contribution in [3.05, 3.63) is 59.7 Å². The highest BCUT2D eigenvalue weighted by Crippen LogP contribution is 2.29. The standard InChI is InChI=1S/C18H19NO2/c1-21-17-13-15(19-11-5-6-12-19)9-10-16(17)18(20)14-7-3-2-4-8-14/h2-4,7-10,13H,5-6,11-12H2,1H3. The van der Waals surface area contributed by atoms with Gasteiger partial charge < -0.3 is 9.64 Å². The average molecular weight is 281 g/mol. The van der Waals surface area contributed by atoms with Gasteiger partial charge in [-0.15, -0.1) is 0 Å². The topological polar surface area (TPSA) is 29.5 Å². The minimum absolute atomic E-state index is 0.000391. The van der Waals surface area contributed by atoms with E-state index >= 15 is 0 Å². The number of rotatable bonds is 4. The van der Waals surface area contributed by atoms with E-state index in [2.05, 4.69) is 4.90 Å². The number of ketones is 1. The molecular weight excluding hydrogens is 262 g/mol. The molecule has 2 aromatic rings. The number of benzene rings is 2. The van der Waals surface area contributed by atoms with Crippen LogP contribution in [0.4, 0.5) is 5.69 Å². The van der Waals surface area contributed by atoms with Crippen molar-refractivity contribution < 1.29 is 9.53 Å². The highest BCUT2D eigenvalue weighted by atomic mass is 16.5. The van der Waals surface area contributed by atoms with Crippen LogP contribution in [-0.2, 0) is 0 Å². The van der Waals surface area contributed by atoms with E-state index in [-0.39, 0.29) is 5.78 Å². The number of methoxy groups -OCH3 is 1. The van der Waals surface area contributed by atoms with Crippen molar-refractivity contribution in [3.8, 4) is 5.75 Å². The molecule has 1 saturated heterocycles. The van der Waals surface area contributed by atoms with Crippen molar-refractivity contribution in [3.63, 3.8) is 0 Å². The molecule has 0 bridgehead atoms. The maximum atomic E-state index is 12.6. The molecule has 0 saturated carbocycles. The van der Waals surface area contributed by atoms with Gasteiger partial charge >= 0.3 is 0 Å². The molecule has 21 heavy (non-hydrogen) atoms. The molecule has 1 heterocycles. The molecule has 0 aromatic heterocycles. The van der Waals surface area contributed by atoms with Crippen molar-refractivity contribution in [2.24, 2.45) is 0 Å². The Balaban J connectivity index is 1.93. The zero-order valence-electron chi connectivity index (χ0n) is 12.2. The lowest BCUT2D eigenvalue weighted by Crippen LogP contribution is -2.17. The molecule has 0 spiro atoms. The number of anilines is 1. The normalized spacial score (nSPS) is 14.2. The summed E-state index contributed by atoms with van der Waals surface area (Å²) in [6.45, 7) is 2.16. The molecule has 1 aliphatic rings. The lowest BCUT2D eigenvalue weighted by atomic mass is 10.0. The molecule has 0 aliphatic carbocycles. The fraction of sp³-hybridized carbons (Fsp3) is 0.278. The van der Waals surface area contributed by atoms with E-state index in [0.717, 1.165) is 18.8 Å². The highest BCUT2D eigenvalue weighted by molar-refractivity contribution is 6.10. The van der Waals surface area contributed by atoms with Crippen LogP contribution in [0.2, 0.25) is 0 Å². The monoisotopic (exact) mass is 281 g/mol. The minimum atomic E-state index is 0.000391. The van der Waals surface area contributed by atoms with Gasteiger partial charge in [0.15, 0.2) is 5.78 Å². The van der Waals surface area contributed by atoms with Crippen LogP contribution < -0.4 is 9.64 Å². The maximum Gasteiger partial charge on any atom is 0.196 e. The second-order valence-electron chi connectivity index (χ2n) is 5.27. The van der Waals surface area contributed by atoms with Gasteiger partial charge in [0.2, 0.25) is 0 Å². The van der Waals surface area contributed by atoms with E-state index in [9.17, 15) is 4.79 Å². The fourth-order valence-electron chi connectivity index (χ4n) is 2.78. The molecule has 0 radical (unpaired) electrons. The summed E-state index contributed by atoms with van der Waals surface area (Å²) in [5.41, 5.74) is 2.44. The molecule has 2 aromatic carbocycles. The highest BCUT2D eigenvalue weighted by Gasteiger charge is 2.18. The van der Waals surface area contributed by atoms with Crippen LogP contribution in [0, 0.1) is 0 Å². The number of hydrogen-bond acceptors (Lipinski definition) is 3. The summed E-state index contributed by atoms with van der Waals surface area (Å²) in [6.07, 6.45) is 2.46. The van der Waals surface area contributed by atoms with Crippen molar-refractivity contribution in [1.29, 1.82) is 0 Å². The zero-order chi connectivity index (χ0) is 14.7. The summed E-state index contributed by atoms with van der Waals surface area (Å²) < 4.78 is 5.44. The van der Waals surface area contributed by atoms with Crippen molar-refractivity contribution >= 4 is 11.5 Å². The Bertz CT molecular complexity index is 631. The predicted octanol–water partition coefficient (Wildman–Crippen LogP) is 3.53. The first kappa shape index (κ1) is 13.7. The fourth-order valence-corrected chi connectivity index (χ4v) is 2.78. The van der Waals surface area contributed by atoms with E-state index in [4.69, 9.17) is 4.74 Å². The Morgan fingerprint density at radius 3 is 2.43 bits per heavy atom. The Hall–Kier alpha value is -2.29. The van der Waals surface area contributed by atoms with Crippen molar-refractivity contribution in [2.75, 3.05) is 25.1 Å². The third-order valence-electron chi connectivity index (χ3n) is 3.94. The molecule has 0 unspecified atom stereocenters. The summed E-state index contributed by atoms with van der Waals surface area (Å²) >= 11 is 0. The number of carbonyl (C=O) groups is 1. The van der Waals surface area contributed by atoms with Crippen LogP contribution in [0.15, 0.2) is 48.5 Å². The number of ether oxygens (including phenoxy) is 1. The SMILES string of the molecule is COc1cc(N2CCCC2)ccc1C(=O)c1ccccc1. The summed E-state index contributed by atoms with van der Waals surface area (Å²) in [5.74, 6) is 0.647. The average Bonchev–Trinajstić information content (AvgIpc) is 3.09. The molecule has 3 nitrogen and oxygen atoms in total. The van der Waals surface area contributed by atoms with Gasteiger partial charge in [0.25, 0.3) is 0 Å². The molecule has 1 aliphatic heterocycles. The third-order valence-corrected chi connectivity index (χ3v) is 3.94. The lowest BCUT2D eigenvalue weighted by Gasteiger charge is -2.19. The Labute approximate surface area is 125 Å². The van der Waals surface area contributed by atoms with E-state index < -0.39 is 0 Å². The zero-order valence-corrected chi connectivity index (χ0v) is 12.2. The van der Waals surface area contributed by atoms with Gasteiger partial charge in [-0.05, 0) is 25.0 Å². The van der Waals surface area contributed by atoms with Crippen molar-refractivity contribution in [1.82, 2.24) is 0 Å². The summed E-state index contributed by atoms with van der Waals surface area (Å²) in [7, 11) is 1.62. The first-order valence-corrected chi connectivity index (χ1v) is 7.32. The van der Waals surface area contributed by atoms with E-state index in [1.54, 1.807) is 7.11 Å². The summed E-state index contributed by atoms with van der Waals surface area (Å²) in [6, 6.07) is 15.2. The van der Waals surface area contributed by atoms with Gasteiger partial charge in [-0.2, -0.15) is 0 Å². The molecule has 0 atom stereocenters. The number of carbonyl (C=O) groups excluding carboxylic acids is 1. The predicted molar refractivity (Wildman–Crippen MR) is 84.3 cm³/mol. The minimum Gasteiger partial charge on any atom is -0.496 e. The van der Waals surface area contributed by atoms with Crippen LogP contribution in [0.5, 0.6) is 5.75 Å². The van der Waals surface area contributed by atoms with Crippen molar-refractivity contribution in [2.45, 2.75) is 12.8 Å². The van der Waals surface area contributed by atoms with Crippen LogP contribution in [0.25, 0.3) is 0 Å². The van der Waals surface area contributed by atoms with E-state index in [0.29, 0.717) is 16.9 Å². The number of hydrogen-bond donors (Lipinski definition) is 0. The Morgan fingerprint density at radius 2 is 1.76 bits per heavy atom. The second-order valence-corrected chi connectivity index (χ2v) is 5.27. The first-order chi connectivity index (χ1) is 10.3. The van der Waals surface area contributed by atoms with Crippen LogP contribution in [-0.4, -0.2) is 26.0 Å². The van der Waals surface area contributed by atoms with Gasteiger partial charge in [0.1, 0.15) is 5.75 Å². The molecule has 0 N–H and O–H groups in total. The number of nitrogens with zero attached hydrogens (tertiary/aromatic N) is 1. The second kappa shape index (κ2) is 6.00. The van der Waals surface area contributed by atoms with E-state index in [1.807, 2.05) is 48.5 Å². The molecule has 3 heteroatoms. The quantitative estimate of drug-likeness (QED) is 0.803. The van der Waals surface area contributed by atoms with Crippen LogP contribution in [0.3, 0.4) is 0 Å². The Morgan fingerprint density at radius 1 is 1.05 bits per heavy atom. The Kier molecular flexibility index (Phi) is 3.91. The maximum absolute atomic E-state index is 12.6. The van der Waals surface area contributed by atoms with Crippen LogP contribution in [0.1, 0.15) is 28.8 Å². The smallest absolute Gasteiger partial charge is 0.196 e. The summed E-state index contributed by atoms with van der Waals surface area (Å²) in [5, 5.41) is 0.